The Bertz CT molecular complexity index is 639. The van der Waals surface area contributed by atoms with E-state index >= 15 is 0 Å². The molecule has 0 radical (unpaired) electrons. The Morgan fingerprint density at radius 1 is 0.800 bits per heavy atom. The van der Waals surface area contributed by atoms with E-state index in [1.54, 1.807) is 12.1 Å². The molecule has 0 atom stereocenters. The van der Waals surface area contributed by atoms with E-state index in [9.17, 15) is 0 Å². The normalized spacial score (nSPS) is 10.2. The Morgan fingerprint density at radius 3 is 1.88 bits per heavy atom. The first-order chi connectivity index (χ1) is 12.1. The van der Waals surface area contributed by atoms with E-state index in [0.29, 0.717) is 24.5 Å². The number of hydrogen-bond donors (Lipinski definition) is 4. The van der Waals surface area contributed by atoms with Gasteiger partial charge in [0.15, 0.2) is 17.4 Å². The number of aromatic nitrogens is 2. The molecule has 0 aliphatic rings. The van der Waals surface area contributed by atoms with Crippen LogP contribution < -0.4 is 20.9 Å². The number of unbranched alkanes of at least 4 members (excludes halogenated alkanes) is 2. The van der Waals surface area contributed by atoms with E-state index in [1.165, 1.54) is 12.4 Å². The summed E-state index contributed by atoms with van der Waals surface area (Å²) in [5.74, 6) is 1.41. The van der Waals surface area contributed by atoms with Crippen molar-refractivity contribution >= 4 is 11.7 Å². The number of rotatable bonds is 10. The summed E-state index contributed by atoms with van der Waals surface area (Å²) in [5.41, 5.74) is 11.4. The number of amidine groups is 2. The summed E-state index contributed by atoms with van der Waals surface area (Å²) in [5, 5.41) is 14.5. The maximum Gasteiger partial charge on any atom is 0.194 e. The van der Waals surface area contributed by atoms with Gasteiger partial charge in [-0.15, -0.1) is 0 Å². The third-order valence-electron chi connectivity index (χ3n) is 3.36. The van der Waals surface area contributed by atoms with Crippen molar-refractivity contribution in [2.24, 2.45) is 11.5 Å². The third-order valence-corrected chi connectivity index (χ3v) is 3.36. The van der Waals surface area contributed by atoms with Crippen molar-refractivity contribution in [1.82, 2.24) is 9.97 Å². The highest BCUT2D eigenvalue weighted by Crippen LogP contribution is 2.13. The maximum absolute atomic E-state index is 7.33. The van der Waals surface area contributed by atoms with Crippen LogP contribution in [0.5, 0.6) is 11.5 Å². The van der Waals surface area contributed by atoms with Gasteiger partial charge in [0.2, 0.25) is 0 Å². The van der Waals surface area contributed by atoms with E-state index < -0.39 is 0 Å². The lowest BCUT2D eigenvalue weighted by Crippen LogP contribution is -2.15. The average Bonchev–Trinajstić information content (AvgIpc) is 2.61. The summed E-state index contributed by atoms with van der Waals surface area (Å²) >= 11 is 0. The van der Waals surface area contributed by atoms with Crippen LogP contribution in [0.25, 0.3) is 0 Å². The van der Waals surface area contributed by atoms with E-state index in [0.717, 1.165) is 25.0 Å². The molecule has 0 fully saturated rings. The lowest BCUT2D eigenvalue weighted by atomic mass is 10.2. The minimum absolute atomic E-state index is 0.0490. The van der Waals surface area contributed by atoms with Gasteiger partial charge in [-0.05, 0) is 43.5 Å². The summed E-state index contributed by atoms with van der Waals surface area (Å²) in [6.07, 6.45) is 5.80. The molecule has 0 amide bonds. The van der Waals surface area contributed by atoms with Crippen LogP contribution in [0.2, 0.25) is 0 Å². The van der Waals surface area contributed by atoms with Crippen LogP contribution in [0.3, 0.4) is 0 Å². The van der Waals surface area contributed by atoms with Gasteiger partial charge in [-0.2, -0.15) is 0 Å². The molecule has 0 bridgehead atoms. The highest BCUT2D eigenvalue weighted by molar-refractivity contribution is 5.95. The van der Waals surface area contributed by atoms with Crippen molar-refractivity contribution in [2.75, 3.05) is 13.2 Å². The molecule has 0 unspecified atom stereocenters. The van der Waals surface area contributed by atoms with Gasteiger partial charge >= 0.3 is 0 Å². The van der Waals surface area contributed by atoms with E-state index in [1.807, 2.05) is 12.1 Å². The van der Waals surface area contributed by atoms with E-state index in [2.05, 4.69) is 9.97 Å². The van der Waals surface area contributed by atoms with Crippen LogP contribution in [0.4, 0.5) is 0 Å². The fourth-order valence-corrected chi connectivity index (χ4v) is 2.02. The Hall–Kier alpha value is -3.16. The van der Waals surface area contributed by atoms with Gasteiger partial charge in [0.1, 0.15) is 11.6 Å². The molecule has 2 aromatic rings. The van der Waals surface area contributed by atoms with Gasteiger partial charge in [-0.25, -0.2) is 9.97 Å². The zero-order valence-corrected chi connectivity index (χ0v) is 13.9. The predicted molar refractivity (Wildman–Crippen MR) is 95.3 cm³/mol. The SMILES string of the molecule is N=C(N)c1ccc(OCCCCCOc2cnc(C(=N)N)nc2)cc1. The standard InChI is InChI=1S/C17H22N6O2/c18-15(19)12-4-6-13(7-5-12)24-8-2-1-3-9-25-14-10-22-17(16(20)21)23-11-14/h4-7,10-11H,1-3,8-9H2,(H3,18,19)(H3,20,21). The number of nitrogen functional groups attached to an aromatic ring is 2. The lowest BCUT2D eigenvalue weighted by Gasteiger charge is -2.08. The monoisotopic (exact) mass is 342 g/mol. The lowest BCUT2D eigenvalue weighted by molar-refractivity contribution is 0.278. The molecule has 0 saturated heterocycles. The maximum atomic E-state index is 7.33. The molecular weight excluding hydrogens is 320 g/mol. The van der Waals surface area contributed by atoms with Gasteiger partial charge in [0, 0.05) is 5.56 Å². The molecule has 0 saturated carbocycles. The second-order valence-corrected chi connectivity index (χ2v) is 5.35. The van der Waals surface area contributed by atoms with Crippen LogP contribution in [0.1, 0.15) is 30.7 Å². The third kappa shape index (κ3) is 6.09. The fraction of sp³-hybridized carbons (Fsp3) is 0.294. The summed E-state index contributed by atoms with van der Waals surface area (Å²) in [7, 11) is 0. The van der Waals surface area contributed by atoms with Crippen LogP contribution in [0.15, 0.2) is 36.7 Å². The fourth-order valence-electron chi connectivity index (χ4n) is 2.02. The molecule has 8 heteroatoms. The van der Waals surface area contributed by atoms with Crippen molar-refractivity contribution in [3.05, 3.63) is 48.0 Å². The molecule has 1 aromatic carbocycles. The summed E-state index contributed by atoms with van der Waals surface area (Å²) < 4.78 is 11.2. The second-order valence-electron chi connectivity index (χ2n) is 5.35. The molecule has 1 aromatic heterocycles. The Kier molecular flexibility index (Phi) is 6.70. The van der Waals surface area contributed by atoms with Gasteiger partial charge in [-0.3, -0.25) is 10.8 Å². The van der Waals surface area contributed by atoms with Gasteiger partial charge in [0.05, 0.1) is 25.6 Å². The Labute approximate surface area is 146 Å². The minimum Gasteiger partial charge on any atom is -0.494 e. The molecular formula is C17H22N6O2. The number of ether oxygens (including phenoxy) is 2. The Morgan fingerprint density at radius 2 is 1.36 bits per heavy atom. The van der Waals surface area contributed by atoms with E-state index in [4.69, 9.17) is 31.8 Å². The number of nitrogens with two attached hydrogens (primary N) is 2. The topological polar surface area (TPSA) is 144 Å². The largest absolute Gasteiger partial charge is 0.494 e. The predicted octanol–water partition coefficient (Wildman–Crippen LogP) is 1.67. The smallest absolute Gasteiger partial charge is 0.194 e. The molecule has 25 heavy (non-hydrogen) atoms. The zero-order chi connectivity index (χ0) is 18.1. The van der Waals surface area contributed by atoms with Crippen LogP contribution in [-0.4, -0.2) is 34.9 Å². The molecule has 132 valence electrons. The van der Waals surface area contributed by atoms with Gasteiger partial charge in [-0.1, -0.05) is 0 Å². The molecule has 8 nitrogen and oxygen atoms in total. The molecule has 1 heterocycles. The van der Waals surface area contributed by atoms with Crippen LogP contribution in [-0.2, 0) is 0 Å². The first-order valence-corrected chi connectivity index (χ1v) is 7.93. The van der Waals surface area contributed by atoms with Crippen molar-refractivity contribution < 1.29 is 9.47 Å². The summed E-state index contributed by atoms with van der Waals surface area (Å²) in [6.45, 7) is 1.19. The molecule has 0 aliphatic heterocycles. The molecule has 2 rings (SSSR count). The minimum atomic E-state index is -0.164. The average molecular weight is 342 g/mol. The molecule has 6 N–H and O–H groups in total. The highest BCUT2D eigenvalue weighted by atomic mass is 16.5. The van der Waals surface area contributed by atoms with Crippen molar-refractivity contribution in [3.8, 4) is 11.5 Å². The first-order valence-electron chi connectivity index (χ1n) is 7.93. The number of benzene rings is 1. The molecule has 0 spiro atoms. The Balaban J connectivity index is 1.57. The van der Waals surface area contributed by atoms with Crippen molar-refractivity contribution in [1.29, 1.82) is 10.8 Å². The highest BCUT2D eigenvalue weighted by Gasteiger charge is 2.01. The quantitative estimate of drug-likeness (QED) is 0.294. The zero-order valence-electron chi connectivity index (χ0n) is 13.9. The first kappa shape index (κ1) is 18.2. The summed E-state index contributed by atoms with van der Waals surface area (Å²) in [6, 6.07) is 7.16. The number of nitrogens with zero attached hydrogens (tertiary/aromatic N) is 2. The van der Waals surface area contributed by atoms with Gasteiger partial charge < -0.3 is 20.9 Å². The van der Waals surface area contributed by atoms with Crippen LogP contribution >= 0.6 is 0 Å². The number of hydrogen-bond acceptors (Lipinski definition) is 6. The summed E-state index contributed by atoms with van der Waals surface area (Å²) in [4.78, 5) is 7.86. The van der Waals surface area contributed by atoms with Crippen molar-refractivity contribution in [2.45, 2.75) is 19.3 Å². The van der Waals surface area contributed by atoms with Crippen molar-refractivity contribution in [3.63, 3.8) is 0 Å². The molecule has 0 aliphatic carbocycles. The van der Waals surface area contributed by atoms with Gasteiger partial charge in [0.25, 0.3) is 0 Å². The second kappa shape index (κ2) is 9.21. The van der Waals surface area contributed by atoms with Crippen LogP contribution in [0, 0.1) is 10.8 Å². The van der Waals surface area contributed by atoms with E-state index in [-0.39, 0.29) is 17.5 Å². The number of nitrogens with one attached hydrogen (secondary N) is 2.